The van der Waals surface area contributed by atoms with E-state index in [1.54, 1.807) is 0 Å². The molecule has 2 aromatic rings. The van der Waals surface area contributed by atoms with Gasteiger partial charge in [-0.05, 0) is 19.1 Å². The van der Waals surface area contributed by atoms with Gasteiger partial charge in [-0.2, -0.15) is 0 Å². The summed E-state index contributed by atoms with van der Waals surface area (Å²) in [5, 5.41) is 11.3. The van der Waals surface area contributed by atoms with Crippen molar-refractivity contribution in [3.8, 4) is 5.75 Å². The number of carboxylic acids is 1. The van der Waals surface area contributed by atoms with Crippen LogP contribution in [0.4, 0.5) is 8.78 Å². The number of hydrogen-bond donors (Lipinski definition) is 3. The normalized spacial score (nSPS) is 11.8. The molecular weight excluding hydrogens is 310 g/mol. The van der Waals surface area contributed by atoms with E-state index in [0.29, 0.717) is 0 Å². The van der Waals surface area contributed by atoms with Gasteiger partial charge in [-0.25, -0.2) is 13.6 Å². The summed E-state index contributed by atoms with van der Waals surface area (Å²) in [6, 6.07) is 4.47. The minimum Gasteiger partial charge on any atom is -0.483 e. The first-order chi connectivity index (χ1) is 10.8. The van der Waals surface area contributed by atoms with E-state index in [9.17, 15) is 18.4 Å². The van der Waals surface area contributed by atoms with Crippen LogP contribution in [0, 0.1) is 11.6 Å². The van der Waals surface area contributed by atoms with Crippen molar-refractivity contribution in [2.45, 2.75) is 13.0 Å². The number of aromatic nitrogens is 1. The lowest BCUT2D eigenvalue weighted by Gasteiger charge is -2.16. The maximum Gasteiger partial charge on any atom is 0.352 e. The molecule has 122 valence electrons. The van der Waals surface area contributed by atoms with Crippen molar-refractivity contribution in [3.05, 3.63) is 52.9 Å². The van der Waals surface area contributed by atoms with Crippen LogP contribution in [0.3, 0.4) is 0 Å². The van der Waals surface area contributed by atoms with Gasteiger partial charge in [-0.15, -0.1) is 0 Å². The van der Waals surface area contributed by atoms with Crippen LogP contribution < -0.4 is 10.1 Å². The van der Waals surface area contributed by atoms with E-state index in [1.807, 2.05) is 0 Å². The molecule has 0 aliphatic heterocycles. The molecule has 0 saturated heterocycles. The molecule has 0 saturated carbocycles. The van der Waals surface area contributed by atoms with Crippen molar-refractivity contribution in [1.82, 2.24) is 10.3 Å². The standard InChI is InChI=1S/C15H14F2N2O4/c1-7(12-8(16)4-3-5-9(12)17)23-11-6-10(15(21)22)19-13(11)14(20)18-2/h3-7,19H,1-2H3,(H,18,20)(H,21,22). The van der Waals surface area contributed by atoms with Gasteiger partial charge < -0.3 is 20.1 Å². The first-order valence-corrected chi connectivity index (χ1v) is 6.64. The average Bonchev–Trinajstić information content (AvgIpc) is 2.90. The number of carbonyl (C=O) groups excluding carboxylic acids is 1. The number of hydrogen-bond acceptors (Lipinski definition) is 3. The Labute approximate surface area is 130 Å². The third-order valence-corrected chi connectivity index (χ3v) is 3.18. The lowest BCUT2D eigenvalue weighted by Crippen LogP contribution is -2.20. The second-order valence-electron chi connectivity index (χ2n) is 4.70. The predicted octanol–water partition coefficient (Wildman–Crippen LogP) is 2.49. The van der Waals surface area contributed by atoms with Crippen molar-refractivity contribution in [1.29, 1.82) is 0 Å². The number of rotatable bonds is 5. The van der Waals surface area contributed by atoms with Crippen LogP contribution in [0.1, 0.15) is 39.6 Å². The van der Waals surface area contributed by atoms with E-state index < -0.39 is 29.6 Å². The second kappa shape index (κ2) is 6.47. The van der Waals surface area contributed by atoms with E-state index in [0.717, 1.165) is 18.2 Å². The van der Waals surface area contributed by atoms with E-state index >= 15 is 0 Å². The average molecular weight is 324 g/mol. The third kappa shape index (κ3) is 3.31. The topological polar surface area (TPSA) is 91.4 Å². The summed E-state index contributed by atoms with van der Waals surface area (Å²) in [5.41, 5.74) is -0.735. The number of halogens is 2. The van der Waals surface area contributed by atoms with Crippen molar-refractivity contribution in [2.75, 3.05) is 7.05 Å². The van der Waals surface area contributed by atoms with E-state index in [1.165, 1.54) is 20.0 Å². The zero-order chi connectivity index (χ0) is 17.1. The number of carbonyl (C=O) groups is 2. The van der Waals surface area contributed by atoms with E-state index in [2.05, 4.69) is 10.3 Å². The maximum atomic E-state index is 13.8. The van der Waals surface area contributed by atoms with Gasteiger partial charge in [0.1, 0.15) is 29.1 Å². The van der Waals surface area contributed by atoms with Crippen LogP contribution in [-0.4, -0.2) is 29.0 Å². The van der Waals surface area contributed by atoms with Crippen LogP contribution in [0.15, 0.2) is 24.3 Å². The fourth-order valence-electron chi connectivity index (χ4n) is 2.09. The van der Waals surface area contributed by atoms with E-state index in [4.69, 9.17) is 9.84 Å². The summed E-state index contributed by atoms with van der Waals surface area (Å²) < 4.78 is 32.9. The van der Waals surface area contributed by atoms with Gasteiger partial charge in [-0.1, -0.05) is 6.07 Å². The Morgan fingerprint density at radius 3 is 2.43 bits per heavy atom. The zero-order valence-electron chi connectivity index (χ0n) is 12.3. The van der Waals surface area contributed by atoms with Gasteiger partial charge >= 0.3 is 5.97 Å². The Kier molecular flexibility index (Phi) is 4.63. The smallest absolute Gasteiger partial charge is 0.352 e. The summed E-state index contributed by atoms with van der Waals surface area (Å²) in [7, 11) is 1.35. The highest BCUT2D eigenvalue weighted by Gasteiger charge is 2.23. The molecule has 1 amide bonds. The van der Waals surface area contributed by atoms with Crippen LogP contribution in [0.5, 0.6) is 5.75 Å². The Balaban J connectivity index is 2.39. The van der Waals surface area contributed by atoms with Gasteiger partial charge in [0.25, 0.3) is 5.91 Å². The largest absolute Gasteiger partial charge is 0.483 e. The highest BCUT2D eigenvalue weighted by molar-refractivity contribution is 5.97. The predicted molar refractivity (Wildman–Crippen MR) is 76.5 cm³/mol. The van der Waals surface area contributed by atoms with Crippen molar-refractivity contribution in [3.63, 3.8) is 0 Å². The Hall–Kier alpha value is -2.90. The number of aromatic amines is 1. The number of ether oxygens (including phenoxy) is 1. The Morgan fingerprint density at radius 1 is 1.30 bits per heavy atom. The summed E-state index contributed by atoms with van der Waals surface area (Å²) in [6.45, 7) is 1.39. The monoisotopic (exact) mass is 324 g/mol. The molecule has 23 heavy (non-hydrogen) atoms. The van der Waals surface area contributed by atoms with Gasteiger partial charge in [-0.3, -0.25) is 4.79 Å². The Bertz CT molecular complexity index is 738. The molecule has 0 spiro atoms. The summed E-state index contributed by atoms with van der Waals surface area (Å²) in [5.74, 6) is -3.62. The second-order valence-corrected chi connectivity index (χ2v) is 4.70. The molecule has 0 bridgehead atoms. The number of H-pyrrole nitrogens is 1. The van der Waals surface area contributed by atoms with Gasteiger partial charge in [0.2, 0.25) is 0 Å². The molecule has 0 aliphatic carbocycles. The summed E-state index contributed by atoms with van der Waals surface area (Å²) in [6.07, 6.45) is -1.07. The van der Waals surface area contributed by atoms with Gasteiger partial charge in [0.05, 0.1) is 5.56 Å². The first-order valence-electron chi connectivity index (χ1n) is 6.64. The van der Waals surface area contributed by atoms with Crippen LogP contribution >= 0.6 is 0 Å². The molecule has 1 aromatic carbocycles. The third-order valence-electron chi connectivity index (χ3n) is 3.18. The van der Waals surface area contributed by atoms with Crippen molar-refractivity contribution >= 4 is 11.9 Å². The maximum absolute atomic E-state index is 13.8. The van der Waals surface area contributed by atoms with Crippen LogP contribution in [-0.2, 0) is 0 Å². The first kappa shape index (κ1) is 16.5. The molecular formula is C15H14F2N2O4. The minimum atomic E-state index is -1.30. The van der Waals surface area contributed by atoms with Crippen molar-refractivity contribution in [2.24, 2.45) is 0 Å². The number of benzene rings is 1. The molecule has 8 heteroatoms. The van der Waals surface area contributed by atoms with Gasteiger partial charge in [0.15, 0.2) is 5.75 Å². The summed E-state index contributed by atoms with van der Waals surface area (Å²) >= 11 is 0. The molecule has 0 fully saturated rings. The minimum absolute atomic E-state index is 0.114. The zero-order valence-corrected chi connectivity index (χ0v) is 12.3. The highest BCUT2D eigenvalue weighted by atomic mass is 19.1. The fraction of sp³-hybridized carbons (Fsp3) is 0.200. The number of aromatic carboxylic acids is 1. The molecule has 2 rings (SSSR count). The molecule has 0 aliphatic rings. The number of carboxylic acid groups (broad SMARTS) is 1. The molecule has 1 aromatic heterocycles. The molecule has 1 unspecified atom stereocenters. The SMILES string of the molecule is CNC(=O)c1[nH]c(C(=O)O)cc1OC(C)c1c(F)cccc1F. The summed E-state index contributed by atoms with van der Waals surface area (Å²) in [4.78, 5) is 25.2. The molecule has 0 radical (unpaired) electrons. The number of amides is 1. The Morgan fingerprint density at radius 2 is 1.91 bits per heavy atom. The van der Waals surface area contributed by atoms with E-state index in [-0.39, 0.29) is 22.7 Å². The molecule has 6 nitrogen and oxygen atoms in total. The highest BCUT2D eigenvalue weighted by Crippen LogP contribution is 2.29. The molecule has 3 N–H and O–H groups in total. The lowest BCUT2D eigenvalue weighted by atomic mass is 10.1. The quantitative estimate of drug-likeness (QED) is 0.788. The molecule has 1 heterocycles. The lowest BCUT2D eigenvalue weighted by molar-refractivity contribution is 0.0691. The van der Waals surface area contributed by atoms with Crippen LogP contribution in [0.25, 0.3) is 0 Å². The molecule has 1 atom stereocenters. The van der Waals surface area contributed by atoms with Crippen molar-refractivity contribution < 1.29 is 28.2 Å². The fourth-order valence-corrected chi connectivity index (χ4v) is 2.09. The van der Waals surface area contributed by atoms with Crippen LogP contribution in [0.2, 0.25) is 0 Å². The van der Waals surface area contributed by atoms with Gasteiger partial charge in [0, 0.05) is 13.1 Å². The number of nitrogens with one attached hydrogen (secondary N) is 2.